The zero-order valence-electron chi connectivity index (χ0n) is 10.4. The average Bonchev–Trinajstić information content (AvgIpc) is 2.65. The van der Waals surface area contributed by atoms with E-state index in [-0.39, 0.29) is 17.9 Å². The lowest BCUT2D eigenvalue weighted by molar-refractivity contribution is -0.125. The van der Waals surface area contributed by atoms with Gasteiger partial charge in [-0.15, -0.1) is 0 Å². The molecule has 2 aliphatic rings. The molecule has 92 valence electrons. The highest BCUT2D eigenvalue weighted by atomic mass is 16.5. The van der Waals surface area contributed by atoms with Gasteiger partial charge in [0, 0.05) is 12.1 Å². The van der Waals surface area contributed by atoms with Crippen LogP contribution >= 0.6 is 0 Å². The van der Waals surface area contributed by atoms with Crippen LogP contribution in [0.5, 0.6) is 0 Å². The van der Waals surface area contributed by atoms with E-state index >= 15 is 0 Å². The zero-order chi connectivity index (χ0) is 11.8. The number of carbonyl (C=O) groups is 1. The van der Waals surface area contributed by atoms with Crippen molar-refractivity contribution in [3.8, 4) is 0 Å². The van der Waals surface area contributed by atoms with Crippen molar-refractivity contribution in [1.29, 1.82) is 0 Å². The van der Waals surface area contributed by atoms with Crippen LogP contribution in [0.2, 0.25) is 0 Å². The minimum atomic E-state index is -0.0173. The summed E-state index contributed by atoms with van der Waals surface area (Å²) < 4.78 is 5.37. The van der Waals surface area contributed by atoms with Crippen molar-refractivity contribution in [2.45, 2.75) is 39.3 Å². The Morgan fingerprint density at radius 2 is 2.12 bits per heavy atom. The van der Waals surface area contributed by atoms with Gasteiger partial charge in [-0.25, -0.2) is 0 Å². The molecule has 0 bridgehead atoms. The molecule has 4 heteroatoms. The normalized spacial score (nSPS) is 36.1. The number of hydrogen-bond acceptors (Lipinski definition) is 3. The van der Waals surface area contributed by atoms with E-state index in [2.05, 4.69) is 31.4 Å². The molecule has 0 aromatic carbocycles. The highest BCUT2D eigenvalue weighted by Crippen LogP contribution is 2.44. The van der Waals surface area contributed by atoms with E-state index in [1.54, 1.807) is 0 Å². The molecule has 1 aliphatic carbocycles. The maximum Gasteiger partial charge on any atom is 0.227 e. The van der Waals surface area contributed by atoms with Crippen LogP contribution in [0.15, 0.2) is 0 Å². The molecule has 1 aliphatic heterocycles. The highest BCUT2D eigenvalue weighted by Gasteiger charge is 2.48. The maximum absolute atomic E-state index is 12.0. The molecule has 0 spiro atoms. The lowest BCUT2D eigenvalue weighted by Crippen LogP contribution is -2.45. The molecule has 0 aromatic heterocycles. The Morgan fingerprint density at radius 3 is 2.69 bits per heavy atom. The summed E-state index contributed by atoms with van der Waals surface area (Å²) in [6.45, 7) is 8.51. The molecule has 1 amide bonds. The standard InChI is InChI=1S/C12H22N2O2/c1-4-13-9-7-16-6-8(9)11(15)14-10-5-12(10,2)3/h8-10,13H,4-7H2,1-3H3,(H,14,15). The van der Waals surface area contributed by atoms with Crippen LogP contribution in [0.3, 0.4) is 0 Å². The molecule has 2 rings (SSSR count). The molecule has 3 unspecified atom stereocenters. The summed E-state index contributed by atoms with van der Waals surface area (Å²) in [5, 5.41) is 6.42. The van der Waals surface area contributed by atoms with Crippen LogP contribution in [0, 0.1) is 11.3 Å². The van der Waals surface area contributed by atoms with Gasteiger partial charge in [-0.2, -0.15) is 0 Å². The second-order valence-electron chi connectivity index (χ2n) is 5.56. The molecule has 0 radical (unpaired) electrons. The second-order valence-corrected chi connectivity index (χ2v) is 5.56. The fraction of sp³-hybridized carbons (Fsp3) is 0.917. The fourth-order valence-corrected chi connectivity index (χ4v) is 2.27. The maximum atomic E-state index is 12.0. The minimum Gasteiger partial charge on any atom is -0.379 e. The Hall–Kier alpha value is -0.610. The Morgan fingerprint density at radius 1 is 1.44 bits per heavy atom. The summed E-state index contributed by atoms with van der Waals surface area (Å²) in [5.74, 6) is 0.135. The Balaban J connectivity index is 1.84. The number of hydrogen-bond donors (Lipinski definition) is 2. The van der Waals surface area contributed by atoms with Crippen molar-refractivity contribution in [2.24, 2.45) is 11.3 Å². The lowest BCUT2D eigenvalue weighted by Gasteiger charge is -2.18. The zero-order valence-corrected chi connectivity index (χ0v) is 10.4. The summed E-state index contributed by atoms with van der Waals surface area (Å²) in [7, 11) is 0. The number of amides is 1. The predicted octanol–water partition coefficient (Wildman–Crippen LogP) is 0.526. The monoisotopic (exact) mass is 226 g/mol. The van der Waals surface area contributed by atoms with E-state index in [1.807, 2.05) is 0 Å². The summed E-state index contributed by atoms with van der Waals surface area (Å²) in [6.07, 6.45) is 1.10. The van der Waals surface area contributed by atoms with Crippen LogP contribution in [0.4, 0.5) is 0 Å². The van der Waals surface area contributed by atoms with Gasteiger partial charge in [0.1, 0.15) is 0 Å². The van der Waals surface area contributed by atoms with Crippen LogP contribution in [-0.4, -0.2) is 37.7 Å². The average molecular weight is 226 g/mol. The topological polar surface area (TPSA) is 50.4 Å². The van der Waals surface area contributed by atoms with E-state index in [9.17, 15) is 4.79 Å². The number of likely N-dealkylation sites (N-methyl/N-ethyl adjacent to an activating group) is 1. The summed E-state index contributed by atoms with van der Waals surface area (Å²) >= 11 is 0. The molecule has 3 atom stereocenters. The summed E-state index contributed by atoms with van der Waals surface area (Å²) in [4.78, 5) is 12.0. The van der Waals surface area contributed by atoms with Crippen molar-refractivity contribution in [3.63, 3.8) is 0 Å². The molecule has 0 aromatic rings. The molecule has 2 fully saturated rings. The largest absolute Gasteiger partial charge is 0.379 e. The van der Waals surface area contributed by atoms with Gasteiger partial charge in [0.2, 0.25) is 5.91 Å². The van der Waals surface area contributed by atoms with E-state index < -0.39 is 0 Å². The molecular weight excluding hydrogens is 204 g/mol. The Bertz CT molecular complexity index is 278. The van der Waals surface area contributed by atoms with Crippen molar-refractivity contribution >= 4 is 5.91 Å². The van der Waals surface area contributed by atoms with Gasteiger partial charge in [-0.05, 0) is 18.4 Å². The third kappa shape index (κ3) is 2.38. The van der Waals surface area contributed by atoms with E-state index in [0.717, 1.165) is 13.0 Å². The van der Waals surface area contributed by atoms with Crippen LogP contribution < -0.4 is 10.6 Å². The molecule has 4 nitrogen and oxygen atoms in total. The SMILES string of the molecule is CCNC1COCC1C(=O)NC1CC1(C)C. The first-order chi connectivity index (χ1) is 7.54. The van der Waals surface area contributed by atoms with Crippen LogP contribution in [-0.2, 0) is 9.53 Å². The highest BCUT2D eigenvalue weighted by molar-refractivity contribution is 5.80. The summed E-state index contributed by atoms with van der Waals surface area (Å²) in [5.41, 5.74) is 0.294. The van der Waals surface area contributed by atoms with E-state index in [1.165, 1.54) is 0 Å². The molecule has 2 N–H and O–H groups in total. The number of rotatable bonds is 4. The molecule has 1 saturated carbocycles. The molecule has 1 saturated heterocycles. The van der Waals surface area contributed by atoms with Gasteiger partial charge in [-0.3, -0.25) is 4.79 Å². The third-order valence-electron chi connectivity index (χ3n) is 3.71. The Kier molecular flexibility index (Phi) is 3.22. The quantitative estimate of drug-likeness (QED) is 0.735. The number of carbonyl (C=O) groups excluding carboxylic acids is 1. The van der Waals surface area contributed by atoms with Crippen LogP contribution in [0.25, 0.3) is 0 Å². The third-order valence-corrected chi connectivity index (χ3v) is 3.71. The van der Waals surface area contributed by atoms with Crippen molar-refractivity contribution in [2.75, 3.05) is 19.8 Å². The number of nitrogens with one attached hydrogen (secondary N) is 2. The molecule has 16 heavy (non-hydrogen) atoms. The van der Waals surface area contributed by atoms with E-state index in [4.69, 9.17) is 4.74 Å². The Labute approximate surface area is 97.1 Å². The van der Waals surface area contributed by atoms with Crippen molar-refractivity contribution in [1.82, 2.24) is 10.6 Å². The first-order valence-electron chi connectivity index (χ1n) is 6.16. The second kappa shape index (κ2) is 4.34. The first-order valence-corrected chi connectivity index (χ1v) is 6.16. The summed E-state index contributed by atoms with van der Waals surface area (Å²) in [6, 6.07) is 0.551. The van der Waals surface area contributed by atoms with Gasteiger partial charge >= 0.3 is 0 Å². The lowest BCUT2D eigenvalue weighted by atomic mass is 10.0. The molecular formula is C12H22N2O2. The van der Waals surface area contributed by atoms with E-state index in [0.29, 0.717) is 24.7 Å². The van der Waals surface area contributed by atoms with Gasteiger partial charge in [0.05, 0.1) is 19.1 Å². The van der Waals surface area contributed by atoms with Crippen molar-refractivity contribution < 1.29 is 9.53 Å². The minimum absolute atomic E-state index is 0.0173. The van der Waals surface area contributed by atoms with Gasteiger partial charge < -0.3 is 15.4 Å². The smallest absolute Gasteiger partial charge is 0.227 e. The van der Waals surface area contributed by atoms with Crippen LogP contribution in [0.1, 0.15) is 27.2 Å². The first kappa shape index (κ1) is 11.9. The van der Waals surface area contributed by atoms with Gasteiger partial charge in [0.15, 0.2) is 0 Å². The van der Waals surface area contributed by atoms with Crippen molar-refractivity contribution in [3.05, 3.63) is 0 Å². The predicted molar refractivity (Wildman–Crippen MR) is 62.1 cm³/mol. The number of ether oxygens (including phenoxy) is 1. The molecule has 1 heterocycles. The fourth-order valence-electron chi connectivity index (χ4n) is 2.27. The van der Waals surface area contributed by atoms with Gasteiger partial charge in [0.25, 0.3) is 0 Å². The van der Waals surface area contributed by atoms with Gasteiger partial charge in [-0.1, -0.05) is 20.8 Å².